The van der Waals surface area contributed by atoms with Crippen LogP contribution in [0.2, 0.25) is 0 Å². The highest BCUT2D eigenvalue weighted by molar-refractivity contribution is 5.96. The second-order valence-corrected chi connectivity index (χ2v) is 18.5. The average molecular weight is 722 g/mol. The van der Waals surface area contributed by atoms with Crippen molar-refractivity contribution in [1.82, 2.24) is 0 Å². The number of nitrogens with zero attached hydrogens (tertiary/aromatic N) is 1. The predicted octanol–water partition coefficient (Wildman–Crippen LogP) is 14.5. The lowest BCUT2D eigenvalue weighted by Gasteiger charge is -2.37. The van der Waals surface area contributed by atoms with Gasteiger partial charge in [0.05, 0.1) is 5.69 Å². The summed E-state index contributed by atoms with van der Waals surface area (Å²) in [5.41, 5.74) is 23.2. The summed E-state index contributed by atoms with van der Waals surface area (Å²) in [6, 6.07) is 58.4. The number of benzene rings is 7. The Kier molecular flexibility index (Phi) is 6.53. The number of hydrogen-bond donors (Lipinski definition) is 0. The summed E-state index contributed by atoms with van der Waals surface area (Å²) in [5.74, 6) is 1.54. The first kappa shape index (κ1) is 32.6. The zero-order chi connectivity index (χ0) is 37.6. The van der Waals surface area contributed by atoms with Crippen molar-refractivity contribution in [3.05, 3.63) is 185 Å². The van der Waals surface area contributed by atoms with E-state index in [1.165, 1.54) is 110 Å². The zero-order valence-corrected chi connectivity index (χ0v) is 32.9. The Labute approximate surface area is 331 Å². The molecule has 0 N–H and O–H groups in total. The molecule has 2 bridgehead atoms. The topological polar surface area (TPSA) is 3.24 Å². The van der Waals surface area contributed by atoms with Gasteiger partial charge in [0.15, 0.2) is 0 Å². The maximum Gasteiger partial charge on any atom is 0.0540 e. The van der Waals surface area contributed by atoms with Crippen LogP contribution in [0.3, 0.4) is 0 Å². The molecule has 1 heteroatoms. The summed E-state index contributed by atoms with van der Waals surface area (Å²) in [7, 11) is 0. The molecule has 12 rings (SSSR count). The molecule has 0 radical (unpaired) electrons. The molecule has 2 fully saturated rings. The molecule has 3 unspecified atom stereocenters. The molecular weight excluding hydrogens is 675 g/mol. The van der Waals surface area contributed by atoms with Crippen LogP contribution in [0, 0.1) is 11.8 Å². The van der Waals surface area contributed by atoms with E-state index < -0.39 is 0 Å². The summed E-state index contributed by atoms with van der Waals surface area (Å²) in [6.07, 6.45) is 5.37. The number of para-hydroxylation sites is 1. The molecule has 5 aliphatic carbocycles. The molecule has 0 aliphatic heterocycles. The largest absolute Gasteiger partial charge is 0.310 e. The Morgan fingerprint density at radius 1 is 0.429 bits per heavy atom. The minimum atomic E-state index is -0.128. The number of rotatable bonds is 4. The third-order valence-corrected chi connectivity index (χ3v) is 15.1. The highest BCUT2D eigenvalue weighted by atomic mass is 15.1. The second kappa shape index (κ2) is 11.2. The molecule has 0 saturated heterocycles. The molecule has 1 nitrogen and oxygen atoms in total. The molecule has 0 aromatic heterocycles. The smallest absolute Gasteiger partial charge is 0.0540 e. The van der Waals surface area contributed by atoms with E-state index in [2.05, 4.69) is 184 Å². The molecule has 56 heavy (non-hydrogen) atoms. The Balaban J connectivity index is 1.10. The molecule has 7 aromatic rings. The Morgan fingerprint density at radius 2 is 0.929 bits per heavy atom. The van der Waals surface area contributed by atoms with Gasteiger partial charge in [-0.3, -0.25) is 0 Å². The maximum atomic E-state index is 2.62. The first-order valence-corrected chi connectivity index (χ1v) is 20.9. The lowest BCUT2D eigenvalue weighted by Crippen LogP contribution is -2.32. The molecule has 1 spiro atoms. The van der Waals surface area contributed by atoms with Crippen molar-refractivity contribution in [3.63, 3.8) is 0 Å². The lowest BCUT2D eigenvalue weighted by molar-refractivity contribution is 0.327. The van der Waals surface area contributed by atoms with Crippen LogP contribution in [0.4, 0.5) is 17.1 Å². The fourth-order valence-electron chi connectivity index (χ4n) is 12.7. The van der Waals surface area contributed by atoms with Gasteiger partial charge in [-0.15, -0.1) is 0 Å². The van der Waals surface area contributed by atoms with Crippen LogP contribution in [0.25, 0.3) is 44.5 Å². The number of hydrogen-bond acceptors (Lipinski definition) is 1. The summed E-state index contributed by atoms with van der Waals surface area (Å²) in [5, 5.41) is 0. The van der Waals surface area contributed by atoms with Crippen molar-refractivity contribution < 1.29 is 0 Å². The van der Waals surface area contributed by atoms with Crippen molar-refractivity contribution in [1.29, 1.82) is 0 Å². The van der Waals surface area contributed by atoms with E-state index in [0.29, 0.717) is 5.92 Å². The maximum absolute atomic E-state index is 2.62. The molecule has 272 valence electrons. The summed E-state index contributed by atoms with van der Waals surface area (Å²) in [4.78, 5) is 2.60. The van der Waals surface area contributed by atoms with Crippen LogP contribution in [-0.4, -0.2) is 0 Å². The molecule has 2 saturated carbocycles. The molecule has 3 atom stereocenters. The quantitative estimate of drug-likeness (QED) is 0.175. The first-order valence-electron chi connectivity index (χ1n) is 20.9. The summed E-state index contributed by atoms with van der Waals surface area (Å²) >= 11 is 0. The van der Waals surface area contributed by atoms with Crippen molar-refractivity contribution in [2.24, 2.45) is 11.8 Å². The van der Waals surface area contributed by atoms with Crippen LogP contribution in [0.15, 0.2) is 152 Å². The van der Waals surface area contributed by atoms with E-state index in [9.17, 15) is 0 Å². The summed E-state index contributed by atoms with van der Waals surface area (Å²) in [6.45, 7) is 9.62. The van der Waals surface area contributed by atoms with Crippen molar-refractivity contribution >= 4 is 17.1 Å². The van der Waals surface area contributed by atoms with Gasteiger partial charge in [0.1, 0.15) is 0 Å². The van der Waals surface area contributed by atoms with Crippen LogP contribution in [0.1, 0.15) is 86.8 Å². The predicted molar refractivity (Wildman–Crippen MR) is 233 cm³/mol. The summed E-state index contributed by atoms with van der Waals surface area (Å²) < 4.78 is 0. The van der Waals surface area contributed by atoms with E-state index in [4.69, 9.17) is 0 Å². The van der Waals surface area contributed by atoms with Gasteiger partial charge in [-0.25, -0.2) is 0 Å². The van der Waals surface area contributed by atoms with Gasteiger partial charge in [-0.05, 0) is 134 Å². The Hall–Kier alpha value is -5.66. The molecular formula is C55H47N. The van der Waals surface area contributed by atoms with Gasteiger partial charge in [0.2, 0.25) is 0 Å². The third kappa shape index (κ3) is 4.11. The number of fused-ring (bicyclic) bond motifs is 14. The van der Waals surface area contributed by atoms with E-state index in [0.717, 1.165) is 5.92 Å². The van der Waals surface area contributed by atoms with Crippen molar-refractivity contribution in [3.8, 4) is 44.5 Å². The third-order valence-electron chi connectivity index (χ3n) is 15.1. The van der Waals surface area contributed by atoms with Crippen molar-refractivity contribution in [2.75, 3.05) is 4.90 Å². The van der Waals surface area contributed by atoms with E-state index in [1.54, 1.807) is 11.1 Å². The second-order valence-electron chi connectivity index (χ2n) is 18.5. The van der Waals surface area contributed by atoms with E-state index >= 15 is 0 Å². The van der Waals surface area contributed by atoms with E-state index in [-0.39, 0.29) is 16.2 Å². The fourth-order valence-corrected chi connectivity index (χ4v) is 12.7. The zero-order valence-electron chi connectivity index (χ0n) is 32.9. The van der Waals surface area contributed by atoms with Crippen LogP contribution >= 0.6 is 0 Å². The average Bonchev–Trinajstić information content (AvgIpc) is 4.02. The van der Waals surface area contributed by atoms with Gasteiger partial charge in [0, 0.05) is 33.2 Å². The van der Waals surface area contributed by atoms with Crippen LogP contribution < -0.4 is 4.90 Å². The lowest BCUT2D eigenvalue weighted by atomic mass is 9.67. The van der Waals surface area contributed by atoms with Gasteiger partial charge < -0.3 is 4.90 Å². The van der Waals surface area contributed by atoms with Crippen molar-refractivity contribution in [2.45, 2.75) is 69.6 Å². The fraction of sp³-hybridized carbons (Fsp3) is 0.236. The Morgan fingerprint density at radius 3 is 1.59 bits per heavy atom. The van der Waals surface area contributed by atoms with Gasteiger partial charge in [-0.2, -0.15) is 0 Å². The van der Waals surface area contributed by atoms with Crippen LogP contribution in [-0.2, 0) is 16.2 Å². The van der Waals surface area contributed by atoms with Gasteiger partial charge in [-0.1, -0.05) is 155 Å². The molecule has 5 aliphatic rings. The molecule has 7 aromatic carbocycles. The monoisotopic (exact) mass is 721 g/mol. The number of anilines is 3. The van der Waals surface area contributed by atoms with E-state index in [1.807, 2.05) is 0 Å². The first-order chi connectivity index (χ1) is 27.3. The minimum Gasteiger partial charge on any atom is -0.310 e. The Bertz CT molecular complexity index is 2800. The SMILES string of the molecule is CC1(C)c2ccccc2-c2ccc(N(c3ccc4c(c3)C3(CC5CCC3C5)c3ccccc3-4)c3ccccc3-c3cccc4c3C(C)(C)c3ccccc3-4)cc21. The highest BCUT2D eigenvalue weighted by Crippen LogP contribution is 2.66. The highest BCUT2D eigenvalue weighted by Gasteiger charge is 2.56. The van der Waals surface area contributed by atoms with Gasteiger partial charge >= 0.3 is 0 Å². The minimum absolute atomic E-state index is 0.101. The molecule has 0 amide bonds. The van der Waals surface area contributed by atoms with Crippen LogP contribution in [0.5, 0.6) is 0 Å². The molecule has 0 heterocycles. The standard InChI is InChI=1S/C55H47N/c1-53(2)46-20-9-5-14-38(46)41-28-26-36(31-49(41)53)56(37-27-29-42-39-15-7-11-22-48(39)55(50(42)32-37)33-34-24-25-35(55)30-34)51-23-12-8-17-43(51)45-19-13-18-44-40-16-6-10-21-47(40)54(3,4)52(44)45/h5-23,26-29,31-32,34-35H,24-25,30,33H2,1-4H3. The van der Waals surface area contributed by atoms with Gasteiger partial charge in [0.25, 0.3) is 0 Å². The normalized spacial score (nSPS) is 22.0.